The first-order valence-electron chi connectivity index (χ1n) is 3.91. The molecule has 0 spiro atoms. The van der Waals surface area contributed by atoms with Gasteiger partial charge in [-0.1, -0.05) is 6.92 Å². The van der Waals surface area contributed by atoms with Gasteiger partial charge in [-0.25, -0.2) is 0 Å². The van der Waals surface area contributed by atoms with Crippen molar-refractivity contribution in [2.24, 2.45) is 0 Å². The second-order valence-electron chi connectivity index (χ2n) is 2.74. The first-order valence-corrected chi connectivity index (χ1v) is 3.91. The van der Waals surface area contributed by atoms with Crippen LogP contribution in [0.15, 0.2) is 23.1 Å². The molecule has 1 heterocycles. The quantitative estimate of drug-likeness (QED) is 0.628. The molecule has 0 saturated carbocycles. The molecule has 0 aliphatic heterocycles. The highest BCUT2D eigenvalue weighted by atomic mass is 16.1. The van der Waals surface area contributed by atoms with Crippen molar-refractivity contribution < 1.29 is 0 Å². The lowest BCUT2D eigenvalue weighted by Crippen LogP contribution is -2.18. The average molecular weight is 151 g/mol. The lowest BCUT2D eigenvalue weighted by molar-refractivity contribution is 0.653. The summed E-state index contributed by atoms with van der Waals surface area (Å²) in [5.41, 5.74) is 1.13. The van der Waals surface area contributed by atoms with E-state index in [1.165, 1.54) is 0 Å². The van der Waals surface area contributed by atoms with Gasteiger partial charge in [0.1, 0.15) is 0 Å². The number of aromatic nitrogens is 1. The van der Waals surface area contributed by atoms with Gasteiger partial charge in [0.15, 0.2) is 0 Å². The highest BCUT2D eigenvalue weighted by Gasteiger charge is 1.92. The van der Waals surface area contributed by atoms with Crippen LogP contribution in [0, 0.1) is 6.92 Å². The zero-order valence-corrected chi connectivity index (χ0v) is 7.00. The Hall–Kier alpha value is -1.05. The number of pyridine rings is 1. The molecule has 1 aromatic rings. The van der Waals surface area contributed by atoms with Crippen LogP contribution >= 0.6 is 0 Å². The molecular weight excluding hydrogens is 138 g/mol. The molecular formula is C9H13NO. The third kappa shape index (κ3) is 1.93. The SMILES string of the molecule is CCCn1ccc(C)cc1=O. The molecule has 0 aliphatic carbocycles. The topological polar surface area (TPSA) is 22.0 Å². The summed E-state index contributed by atoms with van der Waals surface area (Å²) in [6, 6.07) is 3.62. The van der Waals surface area contributed by atoms with Crippen molar-refractivity contribution >= 4 is 0 Å². The van der Waals surface area contributed by atoms with Crippen molar-refractivity contribution in [3.05, 3.63) is 34.2 Å². The van der Waals surface area contributed by atoms with Crippen LogP contribution in [0.4, 0.5) is 0 Å². The Morgan fingerprint density at radius 2 is 2.27 bits per heavy atom. The van der Waals surface area contributed by atoms with Crippen molar-refractivity contribution in [3.8, 4) is 0 Å². The molecule has 0 radical (unpaired) electrons. The summed E-state index contributed by atoms with van der Waals surface area (Å²) >= 11 is 0. The van der Waals surface area contributed by atoms with Crippen LogP contribution in [0.1, 0.15) is 18.9 Å². The summed E-state index contributed by atoms with van der Waals surface area (Å²) in [5.74, 6) is 0. The molecule has 0 bridgehead atoms. The molecule has 1 rings (SSSR count). The molecule has 0 N–H and O–H groups in total. The van der Waals surface area contributed by atoms with E-state index >= 15 is 0 Å². The minimum absolute atomic E-state index is 0.104. The third-order valence-electron chi connectivity index (χ3n) is 1.62. The Bertz CT molecular complexity index is 288. The zero-order valence-electron chi connectivity index (χ0n) is 7.00. The number of hydrogen-bond donors (Lipinski definition) is 0. The second-order valence-corrected chi connectivity index (χ2v) is 2.74. The lowest BCUT2D eigenvalue weighted by atomic mass is 10.3. The summed E-state index contributed by atoms with van der Waals surface area (Å²) in [6.07, 6.45) is 2.85. The van der Waals surface area contributed by atoms with Crippen molar-refractivity contribution in [3.63, 3.8) is 0 Å². The van der Waals surface area contributed by atoms with E-state index in [1.54, 1.807) is 10.6 Å². The maximum Gasteiger partial charge on any atom is 0.250 e. The van der Waals surface area contributed by atoms with E-state index in [0.717, 1.165) is 18.5 Å². The van der Waals surface area contributed by atoms with Crippen LogP contribution in [0.25, 0.3) is 0 Å². The molecule has 0 aromatic carbocycles. The fourth-order valence-electron chi connectivity index (χ4n) is 1.03. The number of hydrogen-bond acceptors (Lipinski definition) is 1. The van der Waals surface area contributed by atoms with Crippen molar-refractivity contribution in [1.82, 2.24) is 4.57 Å². The molecule has 0 unspecified atom stereocenters. The first kappa shape index (κ1) is 8.05. The molecule has 0 atom stereocenters. The van der Waals surface area contributed by atoms with Gasteiger partial charge >= 0.3 is 0 Å². The van der Waals surface area contributed by atoms with Crippen LogP contribution in [0.3, 0.4) is 0 Å². The predicted octanol–water partition coefficient (Wildman–Crippen LogP) is 1.57. The van der Waals surface area contributed by atoms with Crippen molar-refractivity contribution in [2.75, 3.05) is 0 Å². The van der Waals surface area contributed by atoms with Crippen molar-refractivity contribution in [1.29, 1.82) is 0 Å². The summed E-state index contributed by atoms with van der Waals surface area (Å²) in [4.78, 5) is 11.2. The van der Waals surface area contributed by atoms with Gasteiger partial charge in [-0.3, -0.25) is 4.79 Å². The Kier molecular flexibility index (Phi) is 2.47. The van der Waals surface area contributed by atoms with E-state index in [4.69, 9.17) is 0 Å². The monoisotopic (exact) mass is 151 g/mol. The largest absolute Gasteiger partial charge is 0.316 e. The normalized spacial score (nSPS) is 10.0. The maximum absolute atomic E-state index is 11.2. The average Bonchev–Trinajstić information content (AvgIpc) is 1.95. The van der Waals surface area contributed by atoms with E-state index in [0.29, 0.717) is 0 Å². The molecule has 0 amide bonds. The molecule has 2 nitrogen and oxygen atoms in total. The van der Waals surface area contributed by atoms with Gasteiger partial charge in [-0.2, -0.15) is 0 Å². The standard InChI is InChI=1S/C9H13NO/c1-3-5-10-6-4-8(2)7-9(10)11/h4,6-7H,3,5H2,1-2H3. The summed E-state index contributed by atoms with van der Waals surface area (Å²) in [5, 5.41) is 0. The Balaban J connectivity index is 3.00. The molecule has 2 heteroatoms. The number of aryl methyl sites for hydroxylation is 2. The fourth-order valence-corrected chi connectivity index (χ4v) is 1.03. The summed E-state index contributed by atoms with van der Waals surface area (Å²) < 4.78 is 1.73. The van der Waals surface area contributed by atoms with Crippen LogP contribution in [0.2, 0.25) is 0 Å². The predicted molar refractivity (Wildman–Crippen MR) is 45.7 cm³/mol. The minimum atomic E-state index is 0.104. The lowest BCUT2D eigenvalue weighted by Gasteiger charge is -2.01. The Morgan fingerprint density at radius 3 is 2.82 bits per heavy atom. The highest BCUT2D eigenvalue weighted by Crippen LogP contribution is 1.91. The van der Waals surface area contributed by atoms with Gasteiger partial charge in [-0.15, -0.1) is 0 Å². The van der Waals surface area contributed by atoms with Gasteiger partial charge in [0.2, 0.25) is 0 Å². The Labute approximate surface area is 66.5 Å². The number of nitrogens with zero attached hydrogens (tertiary/aromatic N) is 1. The van der Waals surface area contributed by atoms with Gasteiger partial charge in [0.05, 0.1) is 0 Å². The fraction of sp³-hybridized carbons (Fsp3) is 0.444. The molecule has 0 fully saturated rings. The van der Waals surface area contributed by atoms with Crippen molar-refractivity contribution in [2.45, 2.75) is 26.8 Å². The van der Waals surface area contributed by atoms with Gasteiger partial charge in [0.25, 0.3) is 5.56 Å². The molecule has 1 aromatic heterocycles. The van der Waals surface area contributed by atoms with E-state index in [9.17, 15) is 4.79 Å². The first-order chi connectivity index (χ1) is 5.24. The van der Waals surface area contributed by atoms with Gasteiger partial charge < -0.3 is 4.57 Å². The van der Waals surface area contributed by atoms with Crippen LogP contribution in [0.5, 0.6) is 0 Å². The maximum atomic E-state index is 11.2. The zero-order chi connectivity index (χ0) is 8.27. The third-order valence-corrected chi connectivity index (χ3v) is 1.62. The second kappa shape index (κ2) is 3.37. The van der Waals surface area contributed by atoms with E-state index in [1.807, 2.05) is 19.2 Å². The number of rotatable bonds is 2. The smallest absolute Gasteiger partial charge is 0.250 e. The molecule has 0 aliphatic rings. The van der Waals surface area contributed by atoms with Gasteiger partial charge in [0, 0.05) is 18.8 Å². The van der Waals surface area contributed by atoms with Crippen LogP contribution in [-0.4, -0.2) is 4.57 Å². The summed E-state index contributed by atoms with van der Waals surface area (Å²) in [6.45, 7) is 4.81. The minimum Gasteiger partial charge on any atom is -0.316 e. The molecule has 11 heavy (non-hydrogen) atoms. The van der Waals surface area contributed by atoms with E-state index in [2.05, 4.69) is 6.92 Å². The Morgan fingerprint density at radius 1 is 1.55 bits per heavy atom. The highest BCUT2D eigenvalue weighted by molar-refractivity contribution is 5.07. The van der Waals surface area contributed by atoms with E-state index in [-0.39, 0.29) is 5.56 Å². The van der Waals surface area contributed by atoms with Crippen LogP contribution < -0.4 is 5.56 Å². The molecule has 0 saturated heterocycles. The van der Waals surface area contributed by atoms with E-state index < -0.39 is 0 Å². The van der Waals surface area contributed by atoms with Crippen LogP contribution in [-0.2, 0) is 6.54 Å². The van der Waals surface area contributed by atoms with Gasteiger partial charge in [-0.05, 0) is 25.0 Å². The summed E-state index contributed by atoms with van der Waals surface area (Å²) in [7, 11) is 0. The molecule has 60 valence electrons.